The summed E-state index contributed by atoms with van der Waals surface area (Å²) in [5.41, 5.74) is 2.92. The van der Waals surface area contributed by atoms with E-state index in [1.807, 2.05) is 7.11 Å². The van der Waals surface area contributed by atoms with Gasteiger partial charge in [-0.05, 0) is 111 Å². The van der Waals surface area contributed by atoms with Crippen molar-refractivity contribution in [3.8, 4) is 0 Å². The lowest BCUT2D eigenvalue weighted by Crippen LogP contribution is -2.57. The number of hydrogen-bond donors (Lipinski definition) is 0. The van der Waals surface area contributed by atoms with Crippen molar-refractivity contribution in [3.63, 3.8) is 0 Å². The van der Waals surface area contributed by atoms with Crippen LogP contribution in [0, 0.1) is 57.7 Å². The minimum Gasteiger partial charge on any atom is -0.381 e. The zero-order valence-corrected chi connectivity index (χ0v) is 20.5. The summed E-state index contributed by atoms with van der Waals surface area (Å²) >= 11 is 0. The van der Waals surface area contributed by atoms with Gasteiger partial charge in [0, 0.05) is 12.5 Å². The van der Waals surface area contributed by atoms with Crippen molar-refractivity contribution >= 4 is 0 Å². The molecule has 1 nitrogen and oxygen atoms in total. The first-order valence-electron chi connectivity index (χ1n) is 13.1. The van der Waals surface area contributed by atoms with Gasteiger partial charge in [0.25, 0.3) is 0 Å². The minimum absolute atomic E-state index is 0.499. The van der Waals surface area contributed by atoms with E-state index in [9.17, 15) is 0 Å². The van der Waals surface area contributed by atoms with Gasteiger partial charge in [-0.25, -0.2) is 0 Å². The van der Waals surface area contributed by atoms with Crippen molar-refractivity contribution in [2.24, 2.45) is 57.7 Å². The lowest BCUT2D eigenvalue weighted by molar-refractivity contribution is -0.160. The van der Waals surface area contributed by atoms with Crippen LogP contribution in [0.1, 0.15) is 86.0 Å². The molecule has 30 heavy (non-hydrogen) atoms. The maximum atomic E-state index is 6.29. The van der Waals surface area contributed by atoms with E-state index in [0.717, 1.165) is 29.6 Å². The summed E-state index contributed by atoms with van der Waals surface area (Å²) in [6.07, 6.45) is 17.1. The Hall–Kier alpha value is -0.560. The van der Waals surface area contributed by atoms with Crippen molar-refractivity contribution in [1.29, 1.82) is 0 Å². The van der Waals surface area contributed by atoms with Crippen molar-refractivity contribution in [2.75, 3.05) is 7.11 Å². The van der Waals surface area contributed by atoms with Crippen LogP contribution in [0.25, 0.3) is 0 Å². The fourth-order valence-corrected chi connectivity index (χ4v) is 10.1. The third-order valence-corrected chi connectivity index (χ3v) is 12.0. The quantitative estimate of drug-likeness (QED) is 0.422. The molecule has 5 fully saturated rings. The minimum atomic E-state index is 0.499. The van der Waals surface area contributed by atoms with Gasteiger partial charge in [-0.1, -0.05) is 52.0 Å². The van der Waals surface area contributed by atoms with Crippen LogP contribution in [0.5, 0.6) is 0 Å². The highest BCUT2D eigenvalue weighted by molar-refractivity contribution is 5.26. The first-order valence-corrected chi connectivity index (χ1v) is 13.1. The summed E-state index contributed by atoms with van der Waals surface area (Å²) in [6.45, 7) is 16.5. The number of ether oxygens (including phenoxy) is 1. The lowest BCUT2D eigenvalue weighted by atomic mass is 9.45. The molecule has 5 unspecified atom stereocenters. The van der Waals surface area contributed by atoms with Gasteiger partial charge in [0.2, 0.25) is 0 Å². The Balaban J connectivity index is 1.39. The number of hydrogen-bond acceptors (Lipinski definition) is 1. The highest BCUT2D eigenvalue weighted by atomic mass is 16.5. The van der Waals surface area contributed by atoms with Crippen molar-refractivity contribution < 1.29 is 4.74 Å². The maximum absolute atomic E-state index is 6.29. The Morgan fingerprint density at radius 3 is 2.47 bits per heavy atom. The normalized spacial score (nSPS) is 53.5. The smallest absolute Gasteiger partial charge is 0.0638 e. The zero-order valence-electron chi connectivity index (χ0n) is 20.5. The van der Waals surface area contributed by atoms with Gasteiger partial charge in [0.1, 0.15) is 0 Å². The molecule has 1 heteroatoms. The van der Waals surface area contributed by atoms with Crippen LogP contribution in [0.4, 0.5) is 0 Å². The highest BCUT2D eigenvalue weighted by Gasteiger charge is 2.77. The summed E-state index contributed by atoms with van der Waals surface area (Å²) in [7, 11) is 2.02. The second kappa shape index (κ2) is 6.97. The van der Waals surface area contributed by atoms with Gasteiger partial charge in [0.15, 0.2) is 0 Å². The highest BCUT2D eigenvalue weighted by Crippen LogP contribution is 2.82. The first kappa shape index (κ1) is 21.3. The van der Waals surface area contributed by atoms with Crippen LogP contribution in [-0.4, -0.2) is 13.2 Å². The molecule has 5 aliphatic rings. The van der Waals surface area contributed by atoms with E-state index < -0.39 is 0 Å². The van der Waals surface area contributed by atoms with Crippen LogP contribution in [0.3, 0.4) is 0 Å². The van der Waals surface area contributed by atoms with Crippen molar-refractivity contribution in [1.82, 2.24) is 0 Å². The van der Waals surface area contributed by atoms with E-state index in [0.29, 0.717) is 34.2 Å². The van der Waals surface area contributed by atoms with Crippen LogP contribution in [-0.2, 0) is 4.74 Å². The first-order chi connectivity index (χ1) is 14.2. The lowest BCUT2D eigenvalue weighted by Gasteiger charge is -2.61. The van der Waals surface area contributed by atoms with E-state index in [1.165, 1.54) is 56.9 Å². The molecule has 0 heterocycles. The molecule has 168 valence electrons. The molecule has 0 aromatic heterocycles. The fraction of sp³-hybridized carbons (Fsp3) is 0.862. The number of allylic oxidation sites excluding steroid dienone is 3. The Kier molecular flexibility index (Phi) is 4.95. The van der Waals surface area contributed by atoms with Crippen LogP contribution in [0.15, 0.2) is 24.3 Å². The largest absolute Gasteiger partial charge is 0.381 e. The predicted molar refractivity (Wildman–Crippen MR) is 126 cm³/mol. The third-order valence-electron chi connectivity index (χ3n) is 12.0. The molecule has 5 rings (SSSR count). The molecule has 0 amide bonds. The molecular weight excluding hydrogens is 364 g/mol. The second-order valence-corrected chi connectivity index (χ2v) is 12.8. The maximum Gasteiger partial charge on any atom is 0.0638 e. The summed E-state index contributed by atoms with van der Waals surface area (Å²) in [5, 5.41) is 0. The molecule has 0 radical (unpaired) electrons. The Bertz CT molecular complexity index is 737. The van der Waals surface area contributed by atoms with Crippen LogP contribution in [0.2, 0.25) is 0 Å². The molecule has 0 aromatic carbocycles. The summed E-state index contributed by atoms with van der Waals surface area (Å²) in [5.74, 6) is 5.79. The second-order valence-electron chi connectivity index (χ2n) is 12.8. The Morgan fingerprint density at radius 1 is 1.03 bits per heavy atom. The molecule has 11 atom stereocenters. The molecule has 0 aliphatic heterocycles. The zero-order chi connectivity index (χ0) is 21.5. The molecular formula is C29H46O. The summed E-state index contributed by atoms with van der Waals surface area (Å²) in [4.78, 5) is 0. The van der Waals surface area contributed by atoms with E-state index in [1.54, 1.807) is 0 Å². The molecule has 0 N–H and O–H groups in total. The molecule has 0 aromatic rings. The molecule has 5 saturated carbocycles. The van der Waals surface area contributed by atoms with Gasteiger partial charge in [-0.2, -0.15) is 0 Å². The Labute approximate surface area is 186 Å². The Morgan fingerprint density at radius 2 is 1.80 bits per heavy atom. The van der Waals surface area contributed by atoms with Crippen molar-refractivity contribution in [2.45, 2.75) is 92.1 Å². The summed E-state index contributed by atoms with van der Waals surface area (Å²) in [6, 6.07) is 0. The number of rotatable bonds is 5. The van der Waals surface area contributed by atoms with Gasteiger partial charge < -0.3 is 4.74 Å². The van der Waals surface area contributed by atoms with Gasteiger partial charge in [-0.3, -0.25) is 0 Å². The van der Waals surface area contributed by atoms with Gasteiger partial charge in [-0.15, -0.1) is 0 Å². The monoisotopic (exact) mass is 410 g/mol. The molecule has 0 saturated heterocycles. The predicted octanol–water partition coefficient (Wildman–Crippen LogP) is 7.67. The van der Waals surface area contributed by atoms with Crippen molar-refractivity contribution in [3.05, 3.63) is 24.3 Å². The standard InChI is InChI=1S/C29H46O/c1-18(2)19(3)8-9-20(4)23-10-11-24-22-16-26(30-7)29-17-21(29)12-15-28(29,6)25(22)13-14-27(23,24)5/h8-9,19-26H,1,10-17H2,2-7H3/b9-8+/t19-,20-,21?,22?,23-,24?,25?,26-,27-,28-,29?/m1/s1. The third kappa shape index (κ3) is 2.63. The topological polar surface area (TPSA) is 9.23 Å². The molecule has 5 aliphatic carbocycles. The fourth-order valence-electron chi connectivity index (χ4n) is 10.1. The number of methoxy groups -OCH3 is 1. The van der Waals surface area contributed by atoms with Crippen LogP contribution >= 0.6 is 0 Å². The average molecular weight is 411 g/mol. The van der Waals surface area contributed by atoms with E-state index >= 15 is 0 Å². The van der Waals surface area contributed by atoms with Gasteiger partial charge in [0.05, 0.1) is 6.10 Å². The number of fused-ring (bicyclic) bond motifs is 4. The van der Waals surface area contributed by atoms with Crippen LogP contribution < -0.4 is 0 Å². The summed E-state index contributed by atoms with van der Waals surface area (Å²) < 4.78 is 6.29. The van der Waals surface area contributed by atoms with E-state index in [2.05, 4.69) is 53.3 Å². The van der Waals surface area contributed by atoms with Gasteiger partial charge >= 0.3 is 0 Å². The molecule has 1 spiro atoms. The van der Waals surface area contributed by atoms with E-state index in [-0.39, 0.29) is 0 Å². The average Bonchev–Trinajstić information content (AvgIpc) is 3.22. The SMILES string of the molecule is C=C(C)[C@H](C)/C=C/[C@@H](C)[C@H]1CCC2C3C[C@@H](OC)C45CC4CC[C@]5(C)C3CC[C@@]21C. The van der Waals surface area contributed by atoms with E-state index in [4.69, 9.17) is 4.74 Å². The molecule has 0 bridgehead atoms.